The second kappa shape index (κ2) is 9.38. The van der Waals surface area contributed by atoms with Crippen molar-refractivity contribution >= 4 is 52.2 Å². The van der Waals surface area contributed by atoms with Crippen LogP contribution in [0.2, 0.25) is 0 Å². The second-order valence-electron chi connectivity index (χ2n) is 5.34. The van der Waals surface area contributed by atoms with Crippen molar-refractivity contribution < 1.29 is 23.9 Å². The van der Waals surface area contributed by atoms with Gasteiger partial charge in [-0.05, 0) is 25.0 Å². The Labute approximate surface area is 154 Å². The molecule has 1 aliphatic heterocycles. The second-order valence-corrected chi connectivity index (χ2v) is 7.01. The molecule has 0 bridgehead atoms. The first-order valence-corrected chi connectivity index (χ1v) is 8.97. The van der Waals surface area contributed by atoms with Gasteiger partial charge in [-0.3, -0.25) is 19.3 Å². The molecule has 134 valence electrons. The van der Waals surface area contributed by atoms with Gasteiger partial charge in [-0.25, -0.2) is 0 Å². The fourth-order valence-electron chi connectivity index (χ4n) is 2.14. The van der Waals surface area contributed by atoms with Crippen molar-refractivity contribution in [3.05, 3.63) is 29.1 Å². The molecular formula is C16H18N2O5S2. The monoisotopic (exact) mass is 382 g/mol. The van der Waals surface area contributed by atoms with E-state index in [1.807, 2.05) is 0 Å². The first-order chi connectivity index (χ1) is 12.0. The molecular weight excluding hydrogens is 364 g/mol. The minimum absolute atomic E-state index is 0.130. The maximum atomic E-state index is 12.3. The highest BCUT2D eigenvalue weighted by Crippen LogP contribution is 2.32. The number of carbonyl (C=O) groups excluding carboxylic acids is 2. The Bertz CT molecular complexity index is 685. The lowest BCUT2D eigenvalue weighted by molar-refractivity contribution is -0.137. The Kier molecular flexibility index (Phi) is 7.20. The van der Waals surface area contributed by atoms with Gasteiger partial charge in [-0.1, -0.05) is 30.4 Å². The van der Waals surface area contributed by atoms with Crippen molar-refractivity contribution in [2.24, 2.45) is 0 Å². The van der Waals surface area contributed by atoms with E-state index in [4.69, 9.17) is 21.7 Å². The van der Waals surface area contributed by atoms with Gasteiger partial charge in [0, 0.05) is 19.0 Å². The summed E-state index contributed by atoms with van der Waals surface area (Å²) in [5.74, 6) is -0.885. The summed E-state index contributed by atoms with van der Waals surface area (Å²) < 4.78 is 5.51. The Hall–Kier alpha value is -2.13. The van der Waals surface area contributed by atoms with Gasteiger partial charge in [0.15, 0.2) is 0 Å². The first-order valence-electron chi connectivity index (χ1n) is 7.74. The predicted octanol–water partition coefficient (Wildman–Crippen LogP) is 2.24. The van der Waals surface area contributed by atoms with Gasteiger partial charge >= 0.3 is 5.97 Å². The highest BCUT2D eigenvalue weighted by molar-refractivity contribution is 8.26. The Morgan fingerprint density at radius 3 is 2.84 bits per heavy atom. The fourth-order valence-corrected chi connectivity index (χ4v) is 3.38. The summed E-state index contributed by atoms with van der Waals surface area (Å²) in [4.78, 5) is 36.3. The number of nitrogens with zero attached hydrogens (tertiary/aromatic N) is 1. The van der Waals surface area contributed by atoms with Crippen LogP contribution >= 0.6 is 24.0 Å². The van der Waals surface area contributed by atoms with Gasteiger partial charge in [0.2, 0.25) is 5.91 Å². The Morgan fingerprint density at radius 2 is 2.16 bits per heavy atom. The van der Waals surface area contributed by atoms with Gasteiger partial charge in [0.05, 0.1) is 11.2 Å². The number of furan rings is 1. The third kappa shape index (κ3) is 6.02. The van der Waals surface area contributed by atoms with E-state index in [-0.39, 0.29) is 24.8 Å². The summed E-state index contributed by atoms with van der Waals surface area (Å²) in [7, 11) is 0. The number of hydrogen-bond acceptors (Lipinski definition) is 6. The highest BCUT2D eigenvalue weighted by Gasteiger charge is 2.33. The number of unbranched alkanes of at least 4 members (excludes halogenated alkanes) is 2. The molecule has 1 aromatic rings. The minimum atomic E-state index is -0.819. The number of carboxylic acid groups (broad SMARTS) is 1. The van der Waals surface area contributed by atoms with E-state index in [1.54, 1.807) is 18.2 Å². The molecule has 25 heavy (non-hydrogen) atoms. The van der Waals surface area contributed by atoms with Crippen molar-refractivity contribution in [1.29, 1.82) is 0 Å². The average molecular weight is 382 g/mol. The molecule has 0 aromatic carbocycles. The summed E-state index contributed by atoms with van der Waals surface area (Å²) in [6.07, 6.45) is 5.23. The molecule has 2 N–H and O–H groups in total. The largest absolute Gasteiger partial charge is 0.481 e. The number of carbonyl (C=O) groups is 3. The van der Waals surface area contributed by atoms with Crippen molar-refractivity contribution in [2.45, 2.75) is 25.7 Å². The maximum absolute atomic E-state index is 12.3. The summed E-state index contributed by atoms with van der Waals surface area (Å²) >= 11 is 6.30. The van der Waals surface area contributed by atoms with Crippen LogP contribution < -0.4 is 5.32 Å². The lowest BCUT2D eigenvalue weighted by Gasteiger charge is -2.14. The van der Waals surface area contributed by atoms with Crippen LogP contribution in [0.25, 0.3) is 6.08 Å². The summed E-state index contributed by atoms with van der Waals surface area (Å²) in [5, 5.41) is 11.2. The predicted molar refractivity (Wildman–Crippen MR) is 97.7 cm³/mol. The van der Waals surface area contributed by atoms with Gasteiger partial charge < -0.3 is 14.8 Å². The topological polar surface area (TPSA) is 99.9 Å². The number of amides is 2. The lowest BCUT2D eigenvalue weighted by atomic mass is 10.2. The normalized spacial score (nSPS) is 15.8. The third-order valence-corrected chi connectivity index (χ3v) is 4.76. The number of hydrogen-bond donors (Lipinski definition) is 2. The molecule has 0 saturated carbocycles. The zero-order valence-corrected chi connectivity index (χ0v) is 15.0. The molecule has 1 saturated heterocycles. The lowest BCUT2D eigenvalue weighted by Crippen LogP contribution is -2.39. The molecule has 7 nitrogen and oxygen atoms in total. The first kappa shape index (κ1) is 19.2. The number of aliphatic carboxylic acids is 1. The Morgan fingerprint density at radius 1 is 1.36 bits per heavy atom. The smallest absolute Gasteiger partial charge is 0.303 e. The van der Waals surface area contributed by atoms with Crippen LogP contribution in [0.3, 0.4) is 0 Å². The van der Waals surface area contributed by atoms with E-state index in [0.717, 1.165) is 18.2 Å². The molecule has 0 radical (unpaired) electrons. The number of nitrogens with one attached hydrogen (secondary N) is 1. The standard InChI is InChI=1S/C16H18N2O5S2/c19-13(17-7-3-1-2-6-14(20)21)10-18-15(22)12(25-16(18)24)9-11-5-4-8-23-11/h4-5,8-9H,1-3,6-7,10H2,(H,17,19)(H,20,21)/b12-9-. The summed E-state index contributed by atoms with van der Waals surface area (Å²) in [6.45, 7) is 0.310. The highest BCUT2D eigenvalue weighted by atomic mass is 32.2. The maximum Gasteiger partial charge on any atom is 0.303 e. The van der Waals surface area contributed by atoms with E-state index >= 15 is 0 Å². The summed E-state index contributed by atoms with van der Waals surface area (Å²) in [5.41, 5.74) is 0. The fraction of sp³-hybridized carbons (Fsp3) is 0.375. The number of thiocarbonyl (C=S) groups is 1. The molecule has 1 fully saturated rings. The van der Waals surface area contributed by atoms with E-state index in [0.29, 0.717) is 34.4 Å². The van der Waals surface area contributed by atoms with Crippen LogP contribution in [0.15, 0.2) is 27.7 Å². The molecule has 0 spiro atoms. The summed E-state index contributed by atoms with van der Waals surface area (Å²) in [6, 6.07) is 3.44. The minimum Gasteiger partial charge on any atom is -0.481 e. The zero-order chi connectivity index (χ0) is 18.2. The van der Waals surface area contributed by atoms with Crippen molar-refractivity contribution in [2.75, 3.05) is 13.1 Å². The molecule has 2 rings (SSSR count). The number of rotatable bonds is 9. The molecule has 0 atom stereocenters. The molecule has 9 heteroatoms. The molecule has 0 unspecified atom stereocenters. The van der Waals surface area contributed by atoms with Crippen LogP contribution in [0.4, 0.5) is 0 Å². The molecule has 1 aliphatic rings. The van der Waals surface area contributed by atoms with E-state index in [9.17, 15) is 14.4 Å². The molecule has 2 heterocycles. The molecule has 0 aliphatic carbocycles. The molecule has 2 amide bonds. The van der Waals surface area contributed by atoms with Crippen molar-refractivity contribution in [3.63, 3.8) is 0 Å². The zero-order valence-electron chi connectivity index (χ0n) is 13.4. The number of thioether (sulfide) groups is 1. The Balaban J connectivity index is 1.76. The van der Waals surface area contributed by atoms with E-state index in [2.05, 4.69) is 5.32 Å². The van der Waals surface area contributed by atoms with Crippen LogP contribution in [-0.2, 0) is 14.4 Å². The van der Waals surface area contributed by atoms with Gasteiger partial charge in [0.25, 0.3) is 5.91 Å². The van der Waals surface area contributed by atoms with Crippen LogP contribution in [0.1, 0.15) is 31.4 Å². The number of carboxylic acids is 1. The quantitative estimate of drug-likeness (QED) is 0.384. The van der Waals surface area contributed by atoms with Gasteiger partial charge in [-0.15, -0.1) is 0 Å². The van der Waals surface area contributed by atoms with Crippen molar-refractivity contribution in [1.82, 2.24) is 10.2 Å². The average Bonchev–Trinajstić information content (AvgIpc) is 3.15. The van der Waals surface area contributed by atoms with Gasteiger partial charge in [0.1, 0.15) is 16.6 Å². The SMILES string of the molecule is O=C(O)CCCCCNC(=O)CN1C(=O)/C(=C/c2ccco2)SC1=S. The van der Waals surface area contributed by atoms with E-state index < -0.39 is 5.97 Å². The van der Waals surface area contributed by atoms with Gasteiger partial charge in [-0.2, -0.15) is 0 Å². The molecule has 1 aromatic heterocycles. The van der Waals surface area contributed by atoms with Crippen LogP contribution in [0, 0.1) is 0 Å². The van der Waals surface area contributed by atoms with E-state index in [1.165, 1.54) is 11.2 Å². The third-order valence-electron chi connectivity index (χ3n) is 3.38. The van der Waals surface area contributed by atoms with Crippen LogP contribution in [0.5, 0.6) is 0 Å². The van der Waals surface area contributed by atoms with Crippen LogP contribution in [-0.4, -0.2) is 45.2 Å². The van der Waals surface area contributed by atoms with Crippen molar-refractivity contribution in [3.8, 4) is 0 Å².